The van der Waals surface area contributed by atoms with Crippen molar-refractivity contribution in [2.45, 2.75) is 44.7 Å². The molecule has 3 heteroatoms. The van der Waals surface area contributed by atoms with Gasteiger partial charge in [0.1, 0.15) is 0 Å². The summed E-state index contributed by atoms with van der Waals surface area (Å²) in [6.07, 6.45) is 4.90. The van der Waals surface area contributed by atoms with Crippen molar-refractivity contribution >= 4 is 5.91 Å². The summed E-state index contributed by atoms with van der Waals surface area (Å²) in [5.41, 5.74) is 5.95. The van der Waals surface area contributed by atoms with Crippen LogP contribution in [0, 0.1) is 17.8 Å². The Morgan fingerprint density at radius 1 is 1.27 bits per heavy atom. The van der Waals surface area contributed by atoms with E-state index in [1.54, 1.807) is 0 Å². The van der Waals surface area contributed by atoms with Crippen LogP contribution < -0.4 is 5.73 Å². The topological polar surface area (TPSA) is 46.3 Å². The lowest BCUT2D eigenvalue weighted by atomic mass is 10.1. The van der Waals surface area contributed by atoms with Gasteiger partial charge in [0, 0.05) is 24.5 Å². The van der Waals surface area contributed by atoms with E-state index >= 15 is 0 Å². The molecule has 0 bridgehead atoms. The van der Waals surface area contributed by atoms with Crippen LogP contribution in [0.25, 0.3) is 0 Å². The number of nitrogens with zero attached hydrogens (tertiary/aromatic N) is 1. The van der Waals surface area contributed by atoms with Gasteiger partial charge in [-0.3, -0.25) is 4.79 Å². The molecule has 2 saturated carbocycles. The summed E-state index contributed by atoms with van der Waals surface area (Å²) in [5, 5.41) is 0. The number of hydrogen-bond donors (Lipinski definition) is 1. The molecule has 2 N–H and O–H groups in total. The fourth-order valence-corrected chi connectivity index (χ4v) is 3.65. The Morgan fingerprint density at radius 3 is 2.47 bits per heavy atom. The summed E-state index contributed by atoms with van der Waals surface area (Å²) in [7, 11) is 0. The molecule has 1 heterocycles. The van der Waals surface area contributed by atoms with E-state index < -0.39 is 0 Å². The van der Waals surface area contributed by atoms with Crippen LogP contribution in [0.1, 0.15) is 32.6 Å². The van der Waals surface area contributed by atoms with E-state index in [2.05, 4.69) is 6.92 Å². The Hall–Kier alpha value is -0.570. The molecule has 0 aromatic carbocycles. The van der Waals surface area contributed by atoms with Crippen LogP contribution in [0.3, 0.4) is 0 Å². The van der Waals surface area contributed by atoms with Gasteiger partial charge in [0.15, 0.2) is 0 Å². The van der Waals surface area contributed by atoms with E-state index in [1.807, 2.05) is 4.90 Å². The molecule has 0 spiro atoms. The normalized spacial score (nSPS) is 48.1. The number of carbonyl (C=O) groups excluding carboxylic acids is 1. The molecule has 0 radical (unpaired) electrons. The minimum atomic E-state index is 0.201. The number of amides is 1. The number of carbonyl (C=O) groups is 1. The highest BCUT2D eigenvalue weighted by Crippen LogP contribution is 2.58. The zero-order chi connectivity index (χ0) is 10.6. The third-order valence-electron chi connectivity index (χ3n) is 4.79. The second kappa shape index (κ2) is 3.21. The van der Waals surface area contributed by atoms with Crippen molar-refractivity contribution in [1.29, 1.82) is 0 Å². The minimum Gasteiger partial charge on any atom is -0.338 e. The Morgan fingerprint density at radius 2 is 1.93 bits per heavy atom. The highest BCUT2D eigenvalue weighted by atomic mass is 16.2. The first-order valence-electron chi connectivity index (χ1n) is 6.26. The molecule has 3 aliphatic rings. The molecule has 0 aromatic heterocycles. The van der Waals surface area contributed by atoms with Crippen molar-refractivity contribution in [1.82, 2.24) is 4.90 Å². The van der Waals surface area contributed by atoms with E-state index in [0.717, 1.165) is 24.8 Å². The maximum atomic E-state index is 12.2. The number of likely N-dealkylation sites (tertiary alicyclic amines) is 1. The van der Waals surface area contributed by atoms with Crippen molar-refractivity contribution < 1.29 is 4.79 Å². The Balaban J connectivity index is 1.66. The average molecular weight is 208 g/mol. The van der Waals surface area contributed by atoms with Crippen molar-refractivity contribution in [3.05, 3.63) is 0 Å². The lowest BCUT2D eigenvalue weighted by Gasteiger charge is -2.24. The van der Waals surface area contributed by atoms with E-state index in [-0.39, 0.29) is 12.1 Å². The summed E-state index contributed by atoms with van der Waals surface area (Å²) in [4.78, 5) is 14.3. The standard InChI is InChI=1S/C12H20N2O/c1-7-10(13)5-6-14(7)12(15)11-8-3-2-4-9(8)11/h7-11H,2-6,13H2,1H3. The Kier molecular flexibility index (Phi) is 2.06. The third-order valence-corrected chi connectivity index (χ3v) is 4.79. The molecule has 2 aliphatic carbocycles. The molecule has 1 amide bonds. The van der Waals surface area contributed by atoms with E-state index in [1.165, 1.54) is 19.3 Å². The van der Waals surface area contributed by atoms with Crippen LogP contribution >= 0.6 is 0 Å². The van der Waals surface area contributed by atoms with Crippen LogP contribution in [0.4, 0.5) is 0 Å². The Labute approximate surface area is 91.0 Å². The average Bonchev–Trinajstić information content (AvgIpc) is 2.58. The quantitative estimate of drug-likeness (QED) is 0.698. The molecular weight excluding hydrogens is 188 g/mol. The van der Waals surface area contributed by atoms with Crippen LogP contribution in [0.2, 0.25) is 0 Å². The molecule has 1 saturated heterocycles. The molecule has 0 aromatic rings. The van der Waals surface area contributed by atoms with Crippen molar-refractivity contribution in [3.63, 3.8) is 0 Å². The second-order valence-corrected chi connectivity index (χ2v) is 5.51. The Bertz CT molecular complexity index is 281. The van der Waals surface area contributed by atoms with Gasteiger partial charge in [0.2, 0.25) is 5.91 Å². The fourth-order valence-electron chi connectivity index (χ4n) is 3.65. The largest absolute Gasteiger partial charge is 0.338 e. The second-order valence-electron chi connectivity index (χ2n) is 5.51. The van der Waals surface area contributed by atoms with Gasteiger partial charge in [-0.05, 0) is 38.0 Å². The zero-order valence-corrected chi connectivity index (χ0v) is 9.36. The number of nitrogens with two attached hydrogens (primary N) is 1. The zero-order valence-electron chi connectivity index (χ0n) is 9.36. The summed E-state index contributed by atoms with van der Waals surface area (Å²) < 4.78 is 0. The van der Waals surface area contributed by atoms with Gasteiger partial charge in [0.25, 0.3) is 0 Å². The van der Waals surface area contributed by atoms with Crippen LogP contribution in [-0.2, 0) is 4.79 Å². The lowest BCUT2D eigenvalue weighted by molar-refractivity contribution is -0.134. The molecule has 84 valence electrons. The van der Waals surface area contributed by atoms with E-state index in [9.17, 15) is 4.79 Å². The maximum absolute atomic E-state index is 12.2. The SMILES string of the molecule is CC1C(N)CCN1C(=O)C1C2CCCC21. The van der Waals surface area contributed by atoms with Crippen molar-refractivity contribution in [3.8, 4) is 0 Å². The molecule has 4 unspecified atom stereocenters. The predicted molar refractivity (Wildman–Crippen MR) is 58.1 cm³/mol. The number of hydrogen-bond acceptors (Lipinski definition) is 2. The van der Waals surface area contributed by atoms with Gasteiger partial charge in [-0.2, -0.15) is 0 Å². The molecule has 3 fully saturated rings. The van der Waals surface area contributed by atoms with Crippen molar-refractivity contribution in [2.24, 2.45) is 23.5 Å². The lowest BCUT2D eigenvalue weighted by Crippen LogP contribution is -2.41. The molecule has 3 nitrogen and oxygen atoms in total. The van der Waals surface area contributed by atoms with Crippen LogP contribution in [0.5, 0.6) is 0 Å². The van der Waals surface area contributed by atoms with E-state index in [0.29, 0.717) is 11.8 Å². The van der Waals surface area contributed by atoms with Gasteiger partial charge in [-0.15, -0.1) is 0 Å². The number of rotatable bonds is 1. The van der Waals surface area contributed by atoms with E-state index in [4.69, 9.17) is 5.73 Å². The molecule has 3 rings (SSSR count). The highest BCUT2D eigenvalue weighted by Gasteiger charge is 2.58. The summed E-state index contributed by atoms with van der Waals surface area (Å²) in [6, 6.07) is 0.464. The summed E-state index contributed by atoms with van der Waals surface area (Å²) >= 11 is 0. The minimum absolute atomic E-state index is 0.201. The van der Waals surface area contributed by atoms with Gasteiger partial charge in [0.05, 0.1) is 0 Å². The summed E-state index contributed by atoms with van der Waals surface area (Å²) in [5.74, 6) is 2.26. The number of fused-ring (bicyclic) bond motifs is 1. The fraction of sp³-hybridized carbons (Fsp3) is 0.917. The predicted octanol–water partition coefficient (Wildman–Crippen LogP) is 0.981. The monoisotopic (exact) mass is 208 g/mol. The van der Waals surface area contributed by atoms with Crippen LogP contribution in [0.15, 0.2) is 0 Å². The molecule has 1 aliphatic heterocycles. The maximum Gasteiger partial charge on any atom is 0.226 e. The summed E-state index contributed by atoms with van der Waals surface area (Å²) in [6.45, 7) is 2.98. The van der Waals surface area contributed by atoms with Crippen molar-refractivity contribution in [2.75, 3.05) is 6.54 Å². The van der Waals surface area contributed by atoms with Gasteiger partial charge in [-0.25, -0.2) is 0 Å². The molecule has 15 heavy (non-hydrogen) atoms. The third kappa shape index (κ3) is 1.32. The van der Waals surface area contributed by atoms with Gasteiger partial charge >= 0.3 is 0 Å². The van der Waals surface area contributed by atoms with Gasteiger partial charge < -0.3 is 10.6 Å². The smallest absolute Gasteiger partial charge is 0.226 e. The first kappa shape index (κ1) is 9.64. The first-order valence-corrected chi connectivity index (χ1v) is 6.26. The highest BCUT2D eigenvalue weighted by molar-refractivity contribution is 5.83. The molecular formula is C12H20N2O. The van der Waals surface area contributed by atoms with Gasteiger partial charge in [-0.1, -0.05) is 6.42 Å². The first-order chi connectivity index (χ1) is 7.20. The van der Waals surface area contributed by atoms with Crippen LogP contribution in [-0.4, -0.2) is 29.4 Å². The molecule has 4 atom stereocenters.